The van der Waals surface area contributed by atoms with Crippen molar-refractivity contribution >= 4 is 11.8 Å². The van der Waals surface area contributed by atoms with Crippen molar-refractivity contribution in [1.82, 2.24) is 25.4 Å². The van der Waals surface area contributed by atoms with Crippen LogP contribution >= 0.6 is 0 Å². The fourth-order valence-corrected chi connectivity index (χ4v) is 2.45. The molecule has 1 aliphatic rings. The van der Waals surface area contributed by atoms with Gasteiger partial charge in [0.25, 0.3) is 0 Å². The number of carbonyl (C=O) groups is 1. The van der Waals surface area contributed by atoms with Crippen LogP contribution in [0.25, 0.3) is 0 Å². The lowest BCUT2D eigenvalue weighted by molar-refractivity contribution is 0.234. The topological polar surface area (TPSA) is 63.7 Å². The van der Waals surface area contributed by atoms with Crippen LogP contribution in [0.3, 0.4) is 0 Å². The number of nitrogens with zero attached hydrogens (tertiary/aromatic N) is 4. The standard InChI is InChI=1S/C17H30N6O/c1-14(21(2)3)12-19-17(24)20-13-15-5-6-18-16(11-15)23-9-7-22(4)8-10-23/h5-6,11,14H,7-10,12-13H2,1-4H3,(H2,19,20,24). The van der Waals surface area contributed by atoms with Crippen LogP contribution in [0.2, 0.25) is 0 Å². The lowest BCUT2D eigenvalue weighted by atomic mass is 10.2. The van der Waals surface area contributed by atoms with Gasteiger partial charge in [-0.05, 0) is 45.8 Å². The highest BCUT2D eigenvalue weighted by Gasteiger charge is 2.15. The average Bonchev–Trinajstić information content (AvgIpc) is 2.58. The molecule has 134 valence electrons. The fourth-order valence-electron chi connectivity index (χ4n) is 2.45. The van der Waals surface area contributed by atoms with Gasteiger partial charge in [-0.1, -0.05) is 0 Å². The number of pyridine rings is 1. The predicted octanol–water partition coefficient (Wildman–Crippen LogP) is 0.583. The monoisotopic (exact) mass is 334 g/mol. The Hall–Kier alpha value is -1.86. The third-order valence-corrected chi connectivity index (χ3v) is 4.53. The van der Waals surface area contributed by atoms with E-state index in [4.69, 9.17) is 0 Å². The predicted molar refractivity (Wildman–Crippen MR) is 97.3 cm³/mol. The van der Waals surface area contributed by atoms with E-state index in [1.165, 1.54) is 0 Å². The first kappa shape index (κ1) is 18.5. The smallest absolute Gasteiger partial charge is 0.315 e. The maximum Gasteiger partial charge on any atom is 0.315 e. The van der Waals surface area contributed by atoms with Gasteiger partial charge in [-0.25, -0.2) is 9.78 Å². The molecular formula is C17H30N6O. The van der Waals surface area contributed by atoms with Crippen LogP contribution in [-0.2, 0) is 6.54 Å². The molecule has 1 aromatic rings. The summed E-state index contributed by atoms with van der Waals surface area (Å²) in [5, 5.41) is 5.80. The first-order valence-electron chi connectivity index (χ1n) is 8.52. The number of urea groups is 1. The van der Waals surface area contributed by atoms with Crippen molar-refractivity contribution in [2.75, 3.05) is 58.8 Å². The summed E-state index contributed by atoms with van der Waals surface area (Å²) in [4.78, 5) is 23.1. The highest BCUT2D eigenvalue weighted by molar-refractivity contribution is 5.73. The number of anilines is 1. The van der Waals surface area contributed by atoms with Crippen LogP contribution in [0.1, 0.15) is 12.5 Å². The van der Waals surface area contributed by atoms with Crippen LogP contribution in [0, 0.1) is 0 Å². The van der Waals surface area contributed by atoms with Crippen molar-refractivity contribution in [1.29, 1.82) is 0 Å². The summed E-state index contributed by atoms with van der Waals surface area (Å²) >= 11 is 0. The first-order valence-corrected chi connectivity index (χ1v) is 8.52. The Morgan fingerprint density at radius 3 is 2.67 bits per heavy atom. The van der Waals surface area contributed by atoms with Gasteiger partial charge in [0.05, 0.1) is 0 Å². The van der Waals surface area contributed by atoms with E-state index in [1.54, 1.807) is 0 Å². The zero-order valence-electron chi connectivity index (χ0n) is 15.2. The lowest BCUT2D eigenvalue weighted by Crippen LogP contribution is -2.45. The van der Waals surface area contributed by atoms with E-state index in [0.717, 1.165) is 37.6 Å². The van der Waals surface area contributed by atoms with Gasteiger partial charge in [0, 0.05) is 51.5 Å². The van der Waals surface area contributed by atoms with Crippen molar-refractivity contribution in [3.8, 4) is 0 Å². The van der Waals surface area contributed by atoms with Crippen LogP contribution in [0.15, 0.2) is 18.3 Å². The summed E-state index contributed by atoms with van der Waals surface area (Å²) < 4.78 is 0. The maximum atomic E-state index is 11.9. The van der Waals surface area contributed by atoms with Crippen LogP contribution < -0.4 is 15.5 Å². The molecule has 0 bridgehead atoms. The van der Waals surface area contributed by atoms with E-state index in [9.17, 15) is 4.79 Å². The summed E-state index contributed by atoms with van der Waals surface area (Å²) in [6.07, 6.45) is 1.82. The van der Waals surface area contributed by atoms with Gasteiger partial charge >= 0.3 is 6.03 Å². The maximum absolute atomic E-state index is 11.9. The molecule has 1 aromatic heterocycles. The average molecular weight is 334 g/mol. The molecule has 2 amide bonds. The van der Waals surface area contributed by atoms with Gasteiger partial charge in [0.1, 0.15) is 5.82 Å². The zero-order chi connectivity index (χ0) is 17.5. The quantitative estimate of drug-likeness (QED) is 0.797. The molecule has 0 saturated carbocycles. The molecule has 2 heterocycles. The van der Waals surface area contributed by atoms with Crippen molar-refractivity contribution < 1.29 is 4.79 Å². The van der Waals surface area contributed by atoms with E-state index >= 15 is 0 Å². The molecule has 0 spiro atoms. The highest BCUT2D eigenvalue weighted by atomic mass is 16.2. The lowest BCUT2D eigenvalue weighted by Gasteiger charge is -2.33. The number of rotatable bonds is 6. The minimum Gasteiger partial charge on any atom is -0.354 e. The van der Waals surface area contributed by atoms with E-state index in [1.807, 2.05) is 26.4 Å². The highest BCUT2D eigenvalue weighted by Crippen LogP contribution is 2.14. The molecule has 24 heavy (non-hydrogen) atoms. The van der Waals surface area contributed by atoms with Crippen molar-refractivity contribution in [2.45, 2.75) is 19.5 Å². The van der Waals surface area contributed by atoms with Gasteiger partial charge < -0.3 is 25.3 Å². The molecule has 1 aliphatic heterocycles. The van der Waals surface area contributed by atoms with Gasteiger partial charge in [-0.2, -0.15) is 0 Å². The van der Waals surface area contributed by atoms with Gasteiger partial charge in [0.15, 0.2) is 0 Å². The number of carbonyl (C=O) groups excluding carboxylic acids is 1. The van der Waals surface area contributed by atoms with E-state index in [0.29, 0.717) is 19.1 Å². The summed E-state index contributed by atoms with van der Waals surface area (Å²) in [5.41, 5.74) is 1.06. The summed E-state index contributed by atoms with van der Waals surface area (Å²) in [5.74, 6) is 0.990. The molecular weight excluding hydrogens is 304 g/mol. The molecule has 2 N–H and O–H groups in total. The fraction of sp³-hybridized carbons (Fsp3) is 0.647. The number of aromatic nitrogens is 1. The third-order valence-electron chi connectivity index (χ3n) is 4.53. The molecule has 0 radical (unpaired) electrons. The molecule has 2 rings (SSSR count). The van der Waals surface area contributed by atoms with Crippen LogP contribution in [0.5, 0.6) is 0 Å². The number of amides is 2. The second-order valence-corrected chi connectivity index (χ2v) is 6.69. The summed E-state index contributed by atoms with van der Waals surface area (Å²) in [6.45, 7) is 7.29. The second kappa shape index (κ2) is 8.84. The number of piperazine rings is 1. The number of hydrogen-bond acceptors (Lipinski definition) is 5. The second-order valence-electron chi connectivity index (χ2n) is 6.69. The van der Waals surface area contributed by atoms with Crippen molar-refractivity contribution in [3.63, 3.8) is 0 Å². The van der Waals surface area contributed by atoms with Crippen molar-refractivity contribution in [3.05, 3.63) is 23.9 Å². The molecule has 1 saturated heterocycles. The molecule has 7 nitrogen and oxygen atoms in total. The van der Waals surface area contributed by atoms with Crippen molar-refractivity contribution in [2.24, 2.45) is 0 Å². The Kier molecular flexibility index (Phi) is 6.81. The number of nitrogens with one attached hydrogen (secondary N) is 2. The van der Waals surface area contributed by atoms with Gasteiger partial charge in [0.2, 0.25) is 0 Å². The molecule has 0 aromatic carbocycles. The Labute approximate surface area is 145 Å². The Morgan fingerprint density at radius 1 is 1.29 bits per heavy atom. The molecule has 1 fully saturated rings. The van der Waals surface area contributed by atoms with Crippen LogP contribution in [0.4, 0.5) is 10.6 Å². The Balaban J connectivity index is 1.80. The molecule has 1 unspecified atom stereocenters. The molecule has 7 heteroatoms. The van der Waals surface area contributed by atoms with Gasteiger partial charge in [-0.15, -0.1) is 0 Å². The van der Waals surface area contributed by atoms with Gasteiger partial charge in [-0.3, -0.25) is 0 Å². The minimum absolute atomic E-state index is 0.137. The molecule has 1 atom stereocenters. The van der Waals surface area contributed by atoms with E-state index in [2.05, 4.69) is 50.4 Å². The van der Waals surface area contributed by atoms with E-state index in [-0.39, 0.29) is 6.03 Å². The minimum atomic E-state index is -0.137. The normalized spacial score (nSPS) is 17.0. The Bertz CT molecular complexity index is 528. The largest absolute Gasteiger partial charge is 0.354 e. The Morgan fingerprint density at radius 2 is 2.00 bits per heavy atom. The van der Waals surface area contributed by atoms with E-state index < -0.39 is 0 Å². The third kappa shape index (κ3) is 5.65. The number of likely N-dealkylation sites (N-methyl/N-ethyl adjacent to an activating group) is 2. The molecule has 0 aliphatic carbocycles. The van der Waals surface area contributed by atoms with Crippen LogP contribution in [-0.4, -0.2) is 80.7 Å². The SMILES string of the molecule is CC(CNC(=O)NCc1ccnc(N2CCN(C)CC2)c1)N(C)C. The zero-order valence-corrected chi connectivity index (χ0v) is 15.2. The first-order chi connectivity index (χ1) is 11.5. The number of hydrogen-bond donors (Lipinski definition) is 2. The summed E-state index contributed by atoms with van der Waals surface area (Å²) in [6, 6.07) is 4.18. The summed E-state index contributed by atoms with van der Waals surface area (Å²) in [7, 11) is 6.14.